The molecule has 2 rings (SSSR count). The fraction of sp³-hybridized carbons (Fsp3) is 0.333. The third kappa shape index (κ3) is 4.04. The molecule has 23 heavy (non-hydrogen) atoms. The van der Waals surface area contributed by atoms with Gasteiger partial charge >= 0.3 is 6.18 Å². The molecule has 0 spiro atoms. The molecule has 0 aliphatic rings. The van der Waals surface area contributed by atoms with Crippen LogP contribution in [-0.2, 0) is 19.3 Å². The predicted octanol–water partition coefficient (Wildman–Crippen LogP) is 3.85. The number of halogens is 4. The van der Waals surface area contributed by atoms with E-state index in [4.69, 9.17) is 11.6 Å². The Morgan fingerprint density at radius 3 is 2.65 bits per heavy atom. The molecule has 4 nitrogen and oxygen atoms in total. The van der Waals surface area contributed by atoms with E-state index in [0.29, 0.717) is 17.3 Å². The van der Waals surface area contributed by atoms with Crippen LogP contribution in [0, 0.1) is 0 Å². The van der Waals surface area contributed by atoms with Gasteiger partial charge in [0, 0.05) is 25.4 Å². The second kappa shape index (κ2) is 6.62. The van der Waals surface area contributed by atoms with Crippen molar-refractivity contribution in [2.45, 2.75) is 26.2 Å². The summed E-state index contributed by atoms with van der Waals surface area (Å²) in [6, 6.07) is 4.32. The number of aryl methyl sites for hydroxylation is 1. The fourth-order valence-electron chi connectivity index (χ4n) is 2.05. The lowest BCUT2D eigenvalue weighted by atomic mass is 10.1. The fourth-order valence-corrected chi connectivity index (χ4v) is 2.26. The van der Waals surface area contributed by atoms with Crippen molar-refractivity contribution >= 4 is 17.5 Å². The molecule has 0 atom stereocenters. The Bertz CT molecular complexity index is 712. The Balaban J connectivity index is 2.18. The molecule has 124 valence electrons. The molecule has 1 aromatic heterocycles. The third-order valence-corrected chi connectivity index (χ3v) is 3.60. The van der Waals surface area contributed by atoms with Crippen LogP contribution >= 0.6 is 11.6 Å². The van der Waals surface area contributed by atoms with Gasteiger partial charge in [-0.25, -0.2) is 0 Å². The Kier molecular flexibility index (Phi) is 4.99. The number of benzene rings is 1. The Morgan fingerprint density at radius 2 is 2.09 bits per heavy atom. The molecule has 0 unspecified atom stereocenters. The number of carbonyl (C=O) groups excluding carboxylic acids is 1. The summed E-state index contributed by atoms with van der Waals surface area (Å²) in [5.74, 6) is -0.529. The maximum Gasteiger partial charge on any atom is 0.416 e. The first-order chi connectivity index (χ1) is 10.7. The molecule has 0 bridgehead atoms. The average Bonchev–Trinajstić information content (AvgIpc) is 2.86. The lowest BCUT2D eigenvalue weighted by Gasteiger charge is -2.17. The van der Waals surface area contributed by atoms with Gasteiger partial charge in [0.1, 0.15) is 5.69 Å². The van der Waals surface area contributed by atoms with E-state index < -0.39 is 17.6 Å². The molecule has 0 radical (unpaired) electrons. The van der Waals surface area contributed by atoms with Gasteiger partial charge in [-0.1, -0.05) is 17.7 Å². The molecule has 1 aromatic carbocycles. The molecule has 0 N–H and O–H groups in total. The number of alkyl halides is 3. The summed E-state index contributed by atoms with van der Waals surface area (Å²) in [6.07, 6.45) is -2.85. The highest BCUT2D eigenvalue weighted by molar-refractivity contribution is 6.31. The zero-order valence-electron chi connectivity index (χ0n) is 12.6. The van der Waals surface area contributed by atoms with E-state index in [-0.39, 0.29) is 12.1 Å². The second-order valence-electron chi connectivity index (χ2n) is 5.02. The topological polar surface area (TPSA) is 38.1 Å². The SMILES string of the molecule is CCn1cc(Cl)c(CN(C)C(=O)c2cccc(C(F)(F)F)c2)n1. The van der Waals surface area contributed by atoms with Crippen LogP contribution in [0.15, 0.2) is 30.5 Å². The van der Waals surface area contributed by atoms with Crippen molar-refractivity contribution < 1.29 is 18.0 Å². The van der Waals surface area contributed by atoms with Crippen LogP contribution < -0.4 is 0 Å². The molecular weight excluding hydrogens is 331 g/mol. The highest BCUT2D eigenvalue weighted by atomic mass is 35.5. The monoisotopic (exact) mass is 345 g/mol. The summed E-state index contributed by atoms with van der Waals surface area (Å²) in [7, 11) is 1.49. The van der Waals surface area contributed by atoms with Gasteiger partial charge in [0.15, 0.2) is 0 Å². The number of rotatable bonds is 4. The molecule has 0 aliphatic heterocycles. The van der Waals surface area contributed by atoms with Crippen LogP contribution in [0.25, 0.3) is 0 Å². The van der Waals surface area contributed by atoms with Crippen molar-refractivity contribution in [2.24, 2.45) is 0 Å². The van der Waals surface area contributed by atoms with Crippen molar-refractivity contribution in [3.8, 4) is 0 Å². The number of carbonyl (C=O) groups is 1. The predicted molar refractivity (Wildman–Crippen MR) is 80.2 cm³/mol. The van der Waals surface area contributed by atoms with E-state index in [2.05, 4.69) is 5.10 Å². The van der Waals surface area contributed by atoms with Crippen LogP contribution in [0.5, 0.6) is 0 Å². The maximum absolute atomic E-state index is 12.7. The summed E-state index contributed by atoms with van der Waals surface area (Å²) >= 11 is 6.03. The van der Waals surface area contributed by atoms with Crippen LogP contribution in [0.1, 0.15) is 28.5 Å². The van der Waals surface area contributed by atoms with E-state index in [0.717, 1.165) is 12.1 Å². The first-order valence-electron chi connectivity index (χ1n) is 6.87. The molecule has 0 fully saturated rings. The Labute approximate surface area is 136 Å². The van der Waals surface area contributed by atoms with Gasteiger partial charge in [-0.2, -0.15) is 18.3 Å². The largest absolute Gasteiger partial charge is 0.416 e. The molecule has 1 heterocycles. The van der Waals surface area contributed by atoms with Gasteiger partial charge in [-0.3, -0.25) is 9.48 Å². The van der Waals surface area contributed by atoms with Gasteiger partial charge in [-0.15, -0.1) is 0 Å². The van der Waals surface area contributed by atoms with Crippen molar-refractivity contribution in [1.29, 1.82) is 0 Å². The van der Waals surface area contributed by atoms with Crippen molar-refractivity contribution in [1.82, 2.24) is 14.7 Å². The van der Waals surface area contributed by atoms with E-state index in [9.17, 15) is 18.0 Å². The zero-order chi connectivity index (χ0) is 17.2. The molecular formula is C15H15ClF3N3O. The summed E-state index contributed by atoms with van der Waals surface area (Å²) < 4.78 is 39.8. The van der Waals surface area contributed by atoms with Gasteiger partial charge < -0.3 is 4.90 Å². The highest BCUT2D eigenvalue weighted by Crippen LogP contribution is 2.29. The summed E-state index contributed by atoms with van der Waals surface area (Å²) in [5.41, 5.74) is -0.394. The number of nitrogens with zero attached hydrogens (tertiary/aromatic N) is 3. The van der Waals surface area contributed by atoms with Crippen molar-refractivity contribution in [3.05, 3.63) is 52.3 Å². The molecule has 1 amide bonds. The summed E-state index contributed by atoms with van der Waals surface area (Å²) in [6.45, 7) is 2.64. The molecule has 8 heteroatoms. The summed E-state index contributed by atoms with van der Waals surface area (Å²) in [4.78, 5) is 13.6. The minimum absolute atomic E-state index is 0.0339. The number of hydrogen-bond donors (Lipinski definition) is 0. The number of aromatic nitrogens is 2. The molecule has 0 saturated carbocycles. The second-order valence-corrected chi connectivity index (χ2v) is 5.43. The average molecular weight is 346 g/mol. The zero-order valence-corrected chi connectivity index (χ0v) is 13.3. The quantitative estimate of drug-likeness (QED) is 0.844. The highest BCUT2D eigenvalue weighted by Gasteiger charge is 2.31. The van der Waals surface area contributed by atoms with Gasteiger partial charge in [-0.05, 0) is 25.1 Å². The van der Waals surface area contributed by atoms with Gasteiger partial charge in [0.25, 0.3) is 5.91 Å². The van der Waals surface area contributed by atoms with Crippen LogP contribution in [0.2, 0.25) is 5.02 Å². The Morgan fingerprint density at radius 1 is 1.39 bits per heavy atom. The molecule has 0 aliphatic carbocycles. The molecule has 0 saturated heterocycles. The van der Waals surface area contributed by atoms with Crippen LogP contribution in [0.3, 0.4) is 0 Å². The standard InChI is InChI=1S/C15H15ClF3N3O/c1-3-22-8-12(16)13(20-22)9-21(2)14(23)10-5-4-6-11(7-10)15(17,18)19/h4-8H,3,9H2,1-2H3. The smallest absolute Gasteiger partial charge is 0.336 e. The first-order valence-corrected chi connectivity index (χ1v) is 7.24. The van der Waals surface area contributed by atoms with E-state index >= 15 is 0 Å². The first kappa shape index (κ1) is 17.3. The van der Waals surface area contributed by atoms with E-state index in [1.54, 1.807) is 10.9 Å². The normalized spacial score (nSPS) is 11.6. The van der Waals surface area contributed by atoms with Crippen LogP contribution in [-0.4, -0.2) is 27.6 Å². The number of hydrogen-bond acceptors (Lipinski definition) is 2. The lowest BCUT2D eigenvalue weighted by molar-refractivity contribution is -0.137. The third-order valence-electron chi connectivity index (χ3n) is 3.28. The number of amides is 1. The van der Waals surface area contributed by atoms with Crippen molar-refractivity contribution in [2.75, 3.05) is 7.05 Å². The van der Waals surface area contributed by atoms with E-state index in [1.807, 2.05) is 6.92 Å². The van der Waals surface area contributed by atoms with Gasteiger partial charge in [0.2, 0.25) is 0 Å². The molecule has 2 aromatic rings. The lowest BCUT2D eigenvalue weighted by Crippen LogP contribution is -2.27. The minimum Gasteiger partial charge on any atom is -0.336 e. The minimum atomic E-state index is -4.49. The Hall–Kier alpha value is -2.02. The van der Waals surface area contributed by atoms with Gasteiger partial charge in [0.05, 0.1) is 17.1 Å². The summed E-state index contributed by atoms with van der Waals surface area (Å²) in [5, 5.41) is 4.62. The maximum atomic E-state index is 12.7. The van der Waals surface area contributed by atoms with E-state index in [1.165, 1.54) is 24.1 Å². The van der Waals surface area contributed by atoms with Crippen molar-refractivity contribution in [3.63, 3.8) is 0 Å². The van der Waals surface area contributed by atoms with Crippen LogP contribution in [0.4, 0.5) is 13.2 Å².